The van der Waals surface area contributed by atoms with Crippen molar-refractivity contribution in [2.75, 3.05) is 13.7 Å². The normalized spacial score (nSPS) is 43.6. The fourth-order valence-electron chi connectivity index (χ4n) is 7.93. The van der Waals surface area contributed by atoms with Crippen molar-refractivity contribution in [2.24, 2.45) is 34.5 Å². The number of carbonyl (C=O) groups is 1. The summed E-state index contributed by atoms with van der Waals surface area (Å²) >= 11 is 0. The van der Waals surface area contributed by atoms with Crippen LogP contribution in [0.3, 0.4) is 0 Å². The molecule has 4 heteroatoms. The van der Waals surface area contributed by atoms with Crippen molar-refractivity contribution in [1.82, 2.24) is 0 Å². The molecule has 1 unspecified atom stereocenters. The van der Waals surface area contributed by atoms with E-state index in [2.05, 4.69) is 32.9 Å². The van der Waals surface area contributed by atoms with Gasteiger partial charge in [0, 0.05) is 12.5 Å². The molecule has 176 valence electrons. The lowest BCUT2D eigenvalue weighted by molar-refractivity contribution is -0.108. The zero-order valence-electron chi connectivity index (χ0n) is 20.2. The molecule has 4 rings (SSSR count). The van der Waals surface area contributed by atoms with Crippen LogP contribution in [0.2, 0.25) is 0 Å². The van der Waals surface area contributed by atoms with E-state index in [9.17, 15) is 4.79 Å². The third kappa shape index (κ3) is 4.30. The fraction of sp³-hybridized carbons (Fsp3) is 0.889. The van der Waals surface area contributed by atoms with Gasteiger partial charge in [-0.3, -0.25) is 0 Å². The average Bonchev–Trinajstić information content (AvgIpc) is 3.09. The summed E-state index contributed by atoms with van der Waals surface area (Å²) in [7, 11) is 1.84. The van der Waals surface area contributed by atoms with Crippen molar-refractivity contribution in [3.8, 4) is 0 Å². The number of fused-ring (bicyclic) bond motifs is 5. The van der Waals surface area contributed by atoms with Crippen molar-refractivity contribution >= 4 is 6.16 Å². The molecule has 4 aliphatic carbocycles. The first-order valence-corrected chi connectivity index (χ1v) is 13.0. The molecule has 0 bridgehead atoms. The second-order valence-corrected chi connectivity index (χ2v) is 11.3. The smallest absolute Gasteiger partial charge is 0.434 e. The molecule has 0 radical (unpaired) electrons. The highest BCUT2D eigenvalue weighted by atomic mass is 16.7. The highest BCUT2D eigenvalue weighted by molar-refractivity contribution is 5.60. The molecule has 0 saturated heterocycles. The summed E-state index contributed by atoms with van der Waals surface area (Å²) in [5.74, 6) is 2.91. The molecule has 0 aromatic heterocycles. The van der Waals surface area contributed by atoms with Crippen LogP contribution in [0.15, 0.2) is 12.2 Å². The largest absolute Gasteiger partial charge is 0.508 e. The lowest BCUT2D eigenvalue weighted by Gasteiger charge is -2.59. The molecule has 31 heavy (non-hydrogen) atoms. The molecule has 3 fully saturated rings. The second-order valence-electron chi connectivity index (χ2n) is 11.3. The number of rotatable bonds is 7. The molecular weight excluding hydrogens is 388 g/mol. The van der Waals surface area contributed by atoms with Crippen molar-refractivity contribution in [2.45, 2.75) is 104 Å². The van der Waals surface area contributed by atoms with Crippen LogP contribution in [0, 0.1) is 34.5 Å². The summed E-state index contributed by atoms with van der Waals surface area (Å²) in [5, 5.41) is 0. The Hall–Kier alpha value is -1.03. The zero-order valence-corrected chi connectivity index (χ0v) is 20.2. The molecule has 3 saturated carbocycles. The first-order valence-electron chi connectivity index (χ1n) is 13.0. The van der Waals surface area contributed by atoms with Gasteiger partial charge in [-0.15, -0.1) is 0 Å². The standard InChI is InChI=1S/C27H44O4/c1-5-6-7-8-17-30-25(28)31-24-12-11-22-21-10-9-19-18-20(29-4)13-15-26(19,2)23(21)14-16-27(22,24)3/h13,15,19-24H,5-12,14,16-18H2,1-4H3/t19-,20?,21-,22-,23-,24-,26-,27-/m0/s1. The third-order valence-corrected chi connectivity index (χ3v) is 9.82. The van der Waals surface area contributed by atoms with E-state index in [4.69, 9.17) is 14.2 Å². The Kier molecular flexibility index (Phi) is 7.05. The summed E-state index contributed by atoms with van der Waals surface area (Å²) in [4.78, 5) is 12.4. The maximum atomic E-state index is 12.4. The van der Waals surface area contributed by atoms with Crippen molar-refractivity contribution in [3.63, 3.8) is 0 Å². The van der Waals surface area contributed by atoms with E-state index in [-0.39, 0.29) is 11.5 Å². The van der Waals surface area contributed by atoms with Gasteiger partial charge in [0.25, 0.3) is 0 Å². The summed E-state index contributed by atoms with van der Waals surface area (Å²) < 4.78 is 17.0. The van der Waals surface area contributed by atoms with Crippen molar-refractivity contribution < 1.29 is 19.0 Å². The summed E-state index contributed by atoms with van der Waals surface area (Å²) in [6.45, 7) is 7.59. The number of unbranched alkanes of at least 4 members (excludes halogenated alkanes) is 3. The van der Waals surface area contributed by atoms with Crippen LogP contribution in [0.5, 0.6) is 0 Å². The van der Waals surface area contributed by atoms with Crippen molar-refractivity contribution in [3.05, 3.63) is 12.2 Å². The molecule has 0 amide bonds. The predicted molar refractivity (Wildman–Crippen MR) is 123 cm³/mol. The second kappa shape index (κ2) is 9.45. The van der Waals surface area contributed by atoms with Gasteiger partial charge >= 0.3 is 6.16 Å². The lowest BCUT2D eigenvalue weighted by atomic mass is 9.46. The number of carbonyl (C=O) groups excluding carboxylic acids is 1. The maximum Gasteiger partial charge on any atom is 0.508 e. The quantitative estimate of drug-likeness (QED) is 0.249. The molecule has 0 aliphatic heterocycles. The van der Waals surface area contributed by atoms with E-state index in [0.29, 0.717) is 24.0 Å². The fourth-order valence-corrected chi connectivity index (χ4v) is 7.93. The molecule has 0 aromatic carbocycles. The van der Waals surface area contributed by atoms with Gasteiger partial charge in [-0.1, -0.05) is 52.2 Å². The summed E-state index contributed by atoms with van der Waals surface area (Å²) in [6, 6.07) is 0. The number of allylic oxidation sites excluding steroid dienone is 1. The van der Waals surface area contributed by atoms with Gasteiger partial charge in [0.1, 0.15) is 6.10 Å². The van der Waals surface area contributed by atoms with Crippen molar-refractivity contribution in [1.29, 1.82) is 0 Å². The Bertz CT molecular complexity index is 660. The Balaban J connectivity index is 1.38. The highest BCUT2D eigenvalue weighted by Crippen LogP contribution is 2.65. The van der Waals surface area contributed by atoms with E-state index < -0.39 is 6.16 Å². The number of hydrogen-bond acceptors (Lipinski definition) is 4. The van der Waals surface area contributed by atoms with E-state index in [1.807, 2.05) is 7.11 Å². The van der Waals surface area contributed by atoms with E-state index in [0.717, 1.165) is 43.4 Å². The van der Waals surface area contributed by atoms with Crippen LogP contribution in [0.1, 0.15) is 91.4 Å². The summed E-state index contributed by atoms with van der Waals surface area (Å²) in [5.41, 5.74) is 0.411. The monoisotopic (exact) mass is 432 g/mol. The Morgan fingerprint density at radius 2 is 1.87 bits per heavy atom. The van der Waals surface area contributed by atoms with Gasteiger partial charge in [-0.25, -0.2) is 4.79 Å². The Labute approximate surface area is 189 Å². The van der Waals surface area contributed by atoms with Gasteiger partial charge in [-0.05, 0) is 80.5 Å². The Morgan fingerprint density at radius 1 is 1.03 bits per heavy atom. The van der Waals surface area contributed by atoms with Gasteiger partial charge in [0.05, 0.1) is 12.7 Å². The Morgan fingerprint density at radius 3 is 2.65 bits per heavy atom. The van der Waals surface area contributed by atoms with Crippen LogP contribution in [-0.4, -0.2) is 32.1 Å². The molecule has 0 N–H and O–H groups in total. The minimum absolute atomic E-state index is 0.0203. The van der Waals surface area contributed by atoms with Gasteiger partial charge in [0.15, 0.2) is 0 Å². The van der Waals surface area contributed by atoms with Gasteiger partial charge in [0.2, 0.25) is 0 Å². The number of hydrogen-bond donors (Lipinski definition) is 0. The number of methoxy groups -OCH3 is 1. The molecule has 8 atom stereocenters. The average molecular weight is 433 g/mol. The number of ether oxygens (including phenoxy) is 3. The summed E-state index contributed by atoms with van der Waals surface area (Å²) in [6.07, 6.45) is 17.6. The maximum absolute atomic E-state index is 12.4. The lowest BCUT2D eigenvalue weighted by Crippen LogP contribution is -2.53. The molecule has 4 nitrogen and oxygen atoms in total. The minimum Gasteiger partial charge on any atom is -0.434 e. The van der Waals surface area contributed by atoms with E-state index >= 15 is 0 Å². The molecule has 4 aliphatic rings. The van der Waals surface area contributed by atoms with Crippen LogP contribution >= 0.6 is 0 Å². The molecule has 0 heterocycles. The van der Waals surface area contributed by atoms with Crippen LogP contribution < -0.4 is 0 Å². The zero-order chi connectivity index (χ0) is 22.1. The van der Waals surface area contributed by atoms with Crippen LogP contribution in [0.4, 0.5) is 4.79 Å². The van der Waals surface area contributed by atoms with Crippen LogP contribution in [0.25, 0.3) is 0 Å². The minimum atomic E-state index is -0.443. The van der Waals surface area contributed by atoms with Crippen LogP contribution in [-0.2, 0) is 14.2 Å². The van der Waals surface area contributed by atoms with E-state index in [1.54, 1.807) is 0 Å². The molecular formula is C27H44O4. The van der Waals surface area contributed by atoms with Gasteiger partial charge < -0.3 is 14.2 Å². The third-order valence-electron chi connectivity index (χ3n) is 9.82. The molecule has 0 aromatic rings. The molecule has 0 spiro atoms. The van der Waals surface area contributed by atoms with E-state index in [1.165, 1.54) is 44.9 Å². The van der Waals surface area contributed by atoms with Gasteiger partial charge in [-0.2, -0.15) is 0 Å². The SMILES string of the molecule is CCCCCCOC(=O)O[C@H]1CC[C@H]2[C@@H]3CC[C@H]4CC(OC)C=C[C@]4(C)[C@H]3CC[C@]12C. The first-order chi connectivity index (χ1) is 14.9. The topological polar surface area (TPSA) is 44.8 Å². The highest BCUT2D eigenvalue weighted by Gasteiger charge is 2.60. The first kappa shape index (κ1) is 23.1. The predicted octanol–water partition coefficient (Wildman–Crippen LogP) is 6.92.